The van der Waals surface area contributed by atoms with Crippen LogP contribution in [-0.2, 0) is 0 Å². The van der Waals surface area contributed by atoms with Crippen molar-refractivity contribution in [2.75, 3.05) is 46.4 Å². The average Bonchev–Trinajstić information content (AvgIpc) is 2.55. The molecular formula is C15H20BrN3O3S. The van der Waals surface area contributed by atoms with Crippen LogP contribution >= 0.6 is 28.1 Å². The largest absolute Gasteiger partial charge is 0.496 e. The van der Waals surface area contributed by atoms with Crippen LogP contribution in [0, 0.1) is 0 Å². The maximum atomic E-state index is 12.3. The minimum absolute atomic E-state index is 0.160. The lowest BCUT2D eigenvalue weighted by atomic mass is 10.2. The van der Waals surface area contributed by atoms with Crippen LogP contribution < -0.4 is 10.1 Å². The highest BCUT2D eigenvalue weighted by Gasteiger charge is 2.20. The number of hydrogen-bond acceptors (Lipinski definition) is 5. The summed E-state index contributed by atoms with van der Waals surface area (Å²) in [6, 6.07) is 5.13. The van der Waals surface area contributed by atoms with Crippen LogP contribution in [0.15, 0.2) is 22.7 Å². The molecule has 0 aromatic heterocycles. The van der Waals surface area contributed by atoms with E-state index in [1.807, 2.05) is 4.90 Å². The molecule has 126 valence electrons. The molecule has 1 heterocycles. The third kappa shape index (κ3) is 4.87. The van der Waals surface area contributed by atoms with Crippen LogP contribution in [0.1, 0.15) is 10.4 Å². The Morgan fingerprint density at radius 3 is 2.65 bits per heavy atom. The van der Waals surface area contributed by atoms with Gasteiger partial charge in [-0.25, -0.2) is 0 Å². The molecule has 0 saturated carbocycles. The van der Waals surface area contributed by atoms with Crippen molar-refractivity contribution in [3.05, 3.63) is 28.2 Å². The van der Waals surface area contributed by atoms with E-state index in [0.717, 1.165) is 30.7 Å². The Hall–Kier alpha value is -1.22. The van der Waals surface area contributed by atoms with E-state index in [9.17, 15) is 4.79 Å². The number of nitrogens with one attached hydrogen (secondary N) is 1. The fourth-order valence-corrected chi connectivity index (χ4v) is 3.19. The van der Waals surface area contributed by atoms with E-state index in [2.05, 4.69) is 26.1 Å². The zero-order valence-electron chi connectivity index (χ0n) is 12.9. The molecule has 1 saturated heterocycles. The Bertz CT molecular complexity index is 577. The number of aliphatic hydroxyl groups excluding tert-OH is 1. The number of hydrogen-bond donors (Lipinski definition) is 2. The Morgan fingerprint density at radius 2 is 2.09 bits per heavy atom. The molecule has 0 aliphatic carbocycles. The van der Waals surface area contributed by atoms with Gasteiger partial charge < -0.3 is 14.7 Å². The SMILES string of the molecule is COc1ccc(C(=O)NC(=S)N2CCN(CCO)CC2)cc1Br. The summed E-state index contributed by atoms with van der Waals surface area (Å²) in [6.07, 6.45) is 0. The first-order valence-corrected chi connectivity index (χ1v) is 8.52. The minimum atomic E-state index is -0.240. The van der Waals surface area contributed by atoms with E-state index >= 15 is 0 Å². The van der Waals surface area contributed by atoms with Gasteiger partial charge in [-0.1, -0.05) is 0 Å². The van der Waals surface area contributed by atoms with Crippen molar-refractivity contribution in [3.8, 4) is 5.75 Å². The number of rotatable bonds is 4. The van der Waals surface area contributed by atoms with Gasteiger partial charge in [0.15, 0.2) is 5.11 Å². The molecule has 0 atom stereocenters. The molecule has 0 bridgehead atoms. The summed E-state index contributed by atoms with van der Waals surface area (Å²) in [5.74, 6) is 0.431. The molecule has 1 aliphatic rings. The summed E-state index contributed by atoms with van der Waals surface area (Å²) in [5, 5.41) is 12.1. The summed E-state index contributed by atoms with van der Waals surface area (Å²) < 4.78 is 5.87. The average molecular weight is 402 g/mol. The number of thiocarbonyl (C=S) groups is 1. The van der Waals surface area contributed by atoms with Gasteiger partial charge >= 0.3 is 0 Å². The molecule has 1 aromatic carbocycles. The zero-order valence-corrected chi connectivity index (χ0v) is 15.3. The van der Waals surface area contributed by atoms with Crippen molar-refractivity contribution in [3.63, 3.8) is 0 Å². The lowest BCUT2D eigenvalue weighted by Crippen LogP contribution is -2.53. The predicted molar refractivity (Wildman–Crippen MR) is 95.9 cm³/mol. The quantitative estimate of drug-likeness (QED) is 0.736. The summed E-state index contributed by atoms with van der Waals surface area (Å²) >= 11 is 8.69. The van der Waals surface area contributed by atoms with Gasteiger partial charge in [-0.15, -0.1) is 0 Å². The molecule has 1 aliphatic heterocycles. The second-order valence-corrected chi connectivity index (χ2v) is 6.40. The third-order valence-electron chi connectivity index (χ3n) is 3.71. The predicted octanol–water partition coefficient (Wildman–Crippen LogP) is 1.08. The maximum Gasteiger partial charge on any atom is 0.257 e. The molecule has 1 aromatic rings. The molecule has 1 amide bonds. The summed E-state index contributed by atoms with van der Waals surface area (Å²) in [5.41, 5.74) is 0.513. The van der Waals surface area contributed by atoms with Gasteiger partial charge in [-0.05, 0) is 46.3 Å². The number of carbonyl (C=O) groups is 1. The number of carbonyl (C=O) groups excluding carboxylic acids is 1. The van der Waals surface area contributed by atoms with Crippen molar-refractivity contribution in [1.82, 2.24) is 15.1 Å². The monoisotopic (exact) mass is 401 g/mol. The van der Waals surface area contributed by atoms with Gasteiger partial charge in [0.05, 0.1) is 18.2 Å². The van der Waals surface area contributed by atoms with E-state index in [4.69, 9.17) is 22.1 Å². The van der Waals surface area contributed by atoms with Crippen molar-refractivity contribution in [1.29, 1.82) is 0 Å². The number of benzene rings is 1. The van der Waals surface area contributed by atoms with Gasteiger partial charge in [0, 0.05) is 38.3 Å². The molecule has 6 nitrogen and oxygen atoms in total. The van der Waals surface area contributed by atoms with Crippen LogP contribution in [0.3, 0.4) is 0 Å². The van der Waals surface area contributed by atoms with Gasteiger partial charge in [0.2, 0.25) is 0 Å². The molecule has 1 fully saturated rings. The fraction of sp³-hybridized carbons (Fsp3) is 0.467. The van der Waals surface area contributed by atoms with Crippen LogP contribution in [-0.4, -0.2) is 72.4 Å². The number of methoxy groups -OCH3 is 1. The summed E-state index contributed by atoms with van der Waals surface area (Å²) in [7, 11) is 1.57. The molecule has 0 radical (unpaired) electrons. The number of β-amino-alcohol motifs (C(OH)–C–C–N with tert-alkyl or cyclic N) is 1. The molecule has 0 spiro atoms. The van der Waals surface area contributed by atoms with E-state index in [1.54, 1.807) is 25.3 Å². The molecule has 2 rings (SSSR count). The van der Waals surface area contributed by atoms with Crippen molar-refractivity contribution >= 4 is 39.2 Å². The topological polar surface area (TPSA) is 65.0 Å². The highest BCUT2D eigenvalue weighted by molar-refractivity contribution is 9.10. The molecule has 23 heavy (non-hydrogen) atoms. The maximum absolute atomic E-state index is 12.3. The first kappa shape index (κ1) is 18.1. The Kier molecular flexibility index (Phi) is 6.76. The first-order valence-electron chi connectivity index (χ1n) is 7.32. The zero-order chi connectivity index (χ0) is 16.8. The number of nitrogens with zero attached hydrogens (tertiary/aromatic N) is 2. The number of aliphatic hydroxyl groups is 1. The second kappa shape index (κ2) is 8.58. The first-order chi connectivity index (χ1) is 11.0. The number of piperazine rings is 1. The molecule has 2 N–H and O–H groups in total. The number of ether oxygens (including phenoxy) is 1. The normalized spacial score (nSPS) is 15.3. The van der Waals surface area contributed by atoms with E-state index in [1.165, 1.54) is 0 Å². The lowest BCUT2D eigenvalue weighted by Gasteiger charge is -2.35. The van der Waals surface area contributed by atoms with Crippen molar-refractivity contribution < 1.29 is 14.6 Å². The smallest absolute Gasteiger partial charge is 0.257 e. The summed E-state index contributed by atoms with van der Waals surface area (Å²) in [4.78, 5) is 16.4. The number of amides is 1. The van der Waals surface area contributed by atoms with Crippen LogP contribution in [0.4, 0.5) is 0 Å². The van der Waals surface area contributed by atoms with Gasteiger partial charge in [0.25, 0.3) is 5.91 Å². The lowest BCUT2D eigenvalue weighted by molar-refractivity contribution is 0.0968. The fourth-order valence-electron chi connectivity index (χ4n) is 2.37. The third-order valence-corrected chi connectivity index (χ3v) is 4.69. The molecular weight excluding hydrogens is 382 g/mol. The van der Waals surface area contributed by atoms with Crippen LogP contribution in [0.5, 0.6) is 5.75 Å². The van der Waals surface area contributed by atoms with Crippen molar-refractivity contribution in [2.45, 2.75) is 0 Å². The Labute approximate surface area is 149 Å². The number of halogens is 1. The van der Waals surface area contributed by atoms with Crippen LogP contribution in [0.25, 0.3) is 0 Å². The van der Waals surface area contributed by atoms with E-state index in [0.29, 0.717) is 23.0 Å². The van der Waals surface area contributed by atoms with Gasteiger partial charge in [-0.2, -0.15) is 0 Å². The van der Waals surface area contributed by atoms with Crippen LogP contribution in [0.2, 0.25) is 0 Å². The standard InChI is InChI=1S/C15H20BrN3O3S/c1-22-13-3-2-11(10-12(13)16)14(21)17-15(23)19-6-4-18(5-7-19)8-9-20/h2-3,10,20H,4-9H2,1H3,(H,17,21,23). The minimum Gasteiger partial charge on any atom is -0.496 e. The van der Waals surface area contributed by atoms with Gasteiger partial charge in [-0.3, -0.25) is 15.0 Å². The Morgan fingerprint density at radius 1 is 1.39 bits per heavy atom. The second-order valence-electron chi connectivity index (χ2n) is 5.16. The highest BCUT2D eigenvalue weighted by atomic mass is 79.9. The highest BCUT2D eigenvalue weighted by Crippen LogP contribution is 2.25. The van der Waals surface area contributed by atoms with E-state index < -0.39 is 0 Å². The van der Waals surface area contributed by atoms with Gasteiger partial charge in [0.1, 0.15) is 5.75 Å². The summed E-state index contributed by atoms with van der Waals surface area (Å²) in [6.45, 7) is 3.96. The molecule has 8 heteroatoms. The van der Waals surface area contributed by atoms with Crippen molar-refractivity contribution in [2.24, 2.45) is 0 Å². The Balaban J connectivity index is 1.90. The molecule has 0 unspecified atom stereocenters. The van der Waals surface area contributed by atoms with E-state index in [-0.39, 0.29) is 12.5 Å².